The Balaban J connectivity index is 2.09. The van der Waals surface area contributed by atoms with Gasteiger partial charge in [0.25, 0.3) is 0 Å². The van der Waals surface area contributed by atoms with E-state index in [1.165, 1.54) is 4.90 Å². The van der Waals surface area contributed by atoms with E-state index < -0.39 is 12.0 Å². The first-order chi connectivity index (χ1) is 10.1. The molecule has 2 N–H and O–H groups in total. The lowest BCUT2D eigenvalue weighted by Gasteiger charge is -2.21. The van der Waals surface area contributed by atoms with Crippen molar-refractivity contribution >= 4 is 29.0 Å². The first kappa shape index (κ1) is 15.1. The third kappa shape index (κ3) is 4.32. The molecule has 2 amide bonds. The van der Waals surface area contributed by atoms with Gasteiger partial charge in [-0.3, -0.25) is 9.69 Å². The normalized spacial score (nSPS) is 10.1. The van der Waals surface area contributed by atoms with Crippen LogP contribution in [0.4, 0.5) is 10.5 Å². The molecule has 0 fully saturated rings. The number of hydrogen-bond acceptors (Lipinski definition) is 3. The molecule has 1 heterocycles. The van der Waals surface area contributed by atoms with E-state index in [0.717, 1.165) is 11.1 Å². The first-order valence-electron chi connectivity index (χ1n) is 6.41. The van der Waals surface area contributed by atoms with Crippen LogP contribution in [0.3, 0.4) is 0 Å². The zero-order chi connectivity index (χ0) is 15.2. The number of aryl methyl sites for hydroxylation is 1. The Morgan fingerprint density at radius 2 is 1.95 bits per heavy atom. The molecule has 0 aliphatic carbocycles. The van der Waals surface area contributed by atoms with Crippen LogP contribution in [0.1, 0.15) is 11.1 Å². The van der Waals surface area contributed by atoms with Crippen molar-refractivity contribution in [1.82, 2.24) is 5.32 Å². The molecule has 0 unspecified atom stereocenters. The van der Waals surface area contributed by atoms with Crippen molar-refractivity contribution in [3.8, 4) is 0 Å². The minimum atomic E-state index is -1.05. The van der Waals surface area contributed by atoms with Crippen LogP contribution in [0.5, 0.6) is 0 Å². The van der Waals surface area contributed by atoms with E-state index in [-0.39, 0.29) is 6.54 Å². The number of urea groups is 1. The number of nitrogens with zero attached hydrogens (tertiary/aromatic N) is 1. The Kier molecular flexibility index (Phi) is 4.94. The second kappa shape index (κ2) is 6.90. The summed E-state index contributed by atoms with van der Waals surface area (Å²) in [5.74, 6) is -1.05. The van der Waals surface area contributed by atoms with Gasteiger partial charge in [0.2, 0.25) is 0 Å². The van der Waals surface area contributed by atoms with Crippen molar-refractivity contribution in [3.05, 3.63) is 52.2 Å². The fraction of sp³-hybridized carbons (Fsp3) is 0.200. The van der Waals surface area contributed by atoms with E-state index in [9.17, 15) is 9.59 Å². The largest absolute Gasteiger partial charge is 0.480 e. The Bertz CT molecular complexity index is 608. The van der Waals surface area contributed by atoms with Crippen molar-refractivity contribution < 1.29 is 14.7 Å². The van der Waals surface area contributed by atoms with Gasteiger partial charge in [-0.25, -0.2) is 4.79 Å². The van der Waals surface area contributed by atoms with Gasteiger partial charge in [0.05, 0.1) is 0 Å². The Morgan fingerprint density at radius 3 is 2.52 bits per heavy atom. The Morgan fingerprint density at radius 1 is 1.24 bits per heavy atom. The van der Waals surface area contributed by atoms with Crippen molar-refractivity contribution in [2.75, 3.05) is 11.4 Å². The molecule has 2 rings (SSSR count). The second-order valence-electron chi connectivity index (χ2n) is 4.61. The molecule has 0 aliphatic rings. The predicted molar refractivity (Wildman–Crippen MR) is 82.7 cm³/mol. The van der Waals surface area contributed by atoms with Crippen molar-refractivity contribution in [2.45, 2.75) is 13.5 Å². The lowest BCUT2D eigenvalue weighted by Crippen LogP contribution is -2.42. The van der Waals surface area contributed by atoms with Crippen LogP contribution in [0, 0.1) is 6.92 Å². The highest BCUT2D eigenvalue weighted by Crippen LogP contribution is 2.15. The first-order valence-corrected chi connectivity index (χ1v) is 7.35. The molecule has 5 nitrogen and oxygen atoms in total. The summed E-state index contributed by atoms with van der Waals surface area (Å²) in [6.07, 6.45) is 0. The lowest BCUT2D eigenvalue weighted by atomic mass is 10.2. The minimum Gasteiger partial charge on any atom is -0.480 e. The van der Waals surface area contributed by atoms with Gasteiger partial charge < -0.3 is 10.4 Å². The van der Waals surface area contributed by atoms with Crippen molar-refractivity contribution in [2.24, 2.45) is 0 Å². The van der Waals surface area contributed by atoms with E-state index >= 15 is 0 Å². The summed E-state index contributed by atoms with van der Waals surface area (Å²) in [7, 11) is 0. The number of carbonyl (C=O) groups excluding carboxylic acids is 1. The standard InChI is InChI=1S/C15H16N2O3S/c1-11-2-4-13(5-3-11)17(9-14(18)19)15(20)16-8-12-6-7-21-10-12/h2-7,10H,8-9H2,1H3,(H,16,20)(H,18,19). The molecular weight excluding hydrogens is 288 g/mol. The van der Waals surface area contributed by atoms with Gasteiger partial charge >= 0.3 is 12.0 Å². The number of benzene rings is 1. The van der Waals surface area contributed by atoms with Gasteiger partial charge in [0, 0.05) is 12.2 Å². The highest BCUT2D eigenvalue weighted by Gasteiger charge is 2.18. The predicted octanol–water partition coefficient (Wildman–Crippen LogP) is 2.86. The van der Waals surface area contributed by atoms with Crippen molar-refractivity contribution in [1.29, 1.82) is 0 Å². The maximum absolute atomic E-state index is 12.2. The molecule has 2 aromatic rings. The van der Waals surface area contributed by atoms with E-state index in [4.69, 9.17) is 5.11 Å². The molecule has 0 aliphatic heterocycles. The van der Waals surface area contributed by atoms with E-state index in [1.54, 1.807) is 23.5 Å². The van der Waals surface area contributed by atoms with Gasteiger partial charge in [0.15, 0.2) is 0 Å². The number of thiophene rings is 1. The molecule has 21 heavy (non-hydrogen) atoms. The van der Waals surface area contributed by atoms with Gasteiger partial charge in [-0.2, -0.15) is 11.3 Å². The van der Waals surface area contributed by atoms with Crippen LogP contribution in [-0.2, 0) is 11.3 Å². The molecule has 110 valence electrons. The van der Waals surface area contributed by atoms with Crippen LogP contribution in [0.15, 0.2) is 41.1 Å². The molecule has 1 aromatic heterocycles. The number of carboxylic acids is 1. The third-order valence-corrected chi connectivity index (χ3v) is 3.64. The fourth-order valence-electron chi connectivity index (χ4n) is 1.81. The van der Waals surface area contributed by atoms with E-state index in [1.807, 2.05) is 35.9 Å². The fourth-order valence-corrected chi connectivity index (χ4v) is 2.48. The number of hydrogen-bond donors (Lipinski definition) is 2. The molecule has 0 bridgehead atoms. The topological polar surface area (TPSA) is 69.6 Å². The average molecular weight is 304 g/mol. The quantitative estimate of drug-likeness (QED) is 0.892. The molecule has 0 radical (unpaired) electrons. The van der Waals surface area contributed by atoms with E-state index in [0.29, 0.717) is 12.2 Å². The van der Waals surface area contributed by atoms with Crippen molar-refractivity contribution in [3.63, 3.8) is 0 Å². The van der Waals surface area contributed by atoms with Crippen LogP contribution >= 0.6 is 11.3 Å². The van der Waals surface area contributed by atoms with Crippen LogP contribution in [-0.4, -0.2) is 23.7 Å². The minimum absolute atomic E-state index is 0.376. The molecule has 1 aromatic carbocycles. The average Bonchev–Trinajstić information content (AvgIpc) is 2.96. The zero-order valence-corrected chi connectivity index (χ0v) is 12.4. The van der Waals surface area contributed by atoms with Crippen LogP contribution < -0.4 is 10.2 Å². The second-order valence-corrected chi connectivity index (χ2v) is 5.39. The Labute approximate surface area is 126 Å². The summed E-state index contributed by atoms with van der Waals surface area (Å²) < 4.78 is 0. The summed E-state index contributed by atoms with van der Waals surface area (Å²) in [6.45, 7) is 1.94. The third-order valence-electron chi connectivity index (χ3n) is 2.91. The number of nitrogens with one attached hydrogen (secondary N) is 1. The summed E-state index contributed by atoms with van der Waals surface area (Å²) >= 11 is 1.55. The maximum Gasteiger partial charge on any atom is 0.323 e. The monoisotopic (exact) mass is 304 g/mol. The maximum atomic E-state index is 12.2. The van der Waals surface area contributed by atoms with Gasteiger partial charge in [0.1, 0.15) is 6.54 Å². The highest BCUT2D eigenvalue weighted by molar-refractivity contribution is 7.07. The zero-order valence-electron chi connectivity index (χ0n) is 11.6. The summed E-state index contributed by atoms with van der Waals surface area (Å²) in [6, 6.07) is 8.66. The van der Waals surface area contributed by atoms with E-state index in [2.05, 4.69) is 5.32 Å². The molecule has 0 spiro atoms. The molecule has 0 atom stereocenters. The lowest BCUT2D eigenvalue weighted by molar-refractivity contribution is -0.135. The number of rotatable bonds is 5. The van der Waals surface area contributed by atoms with Crippen LogP contribution in [0.2, 0.25) is 0 Å². The summed E-state index contributed by atoms with van der Waals surface area (Å²) in [4.78, 5) is 24.4. The van der Waals surface area contributed by atoms with Gasteiger partial charge in [-0.15, -0.1) is 0 Å². The number of carbonyl (C=O) groups is 2. The number of anilines is 1. The Hall–Kier alpha value is -2.34. The number of aliphatic carboxylic acids is 1. The smallest absolute Gasteiger partial charge is 0.323 e. The molecule has 0 saturated heterocycles. The molecule has 0 saturated carbocycles. The van der Waals surface area contributed by atoms with Gasteiger partial charge in [-0.1, -0.05) is 17.7 Å². The molecule has 6 heteroatoms. The summed E-state index contributed by atoms with van der Waals surface area (Å²) in [5, 5.41) is 15.6. The SMILES string of the molecule is Cc1ccc(N(CC(=O)O)C(=O)NCc2ccsc2)cc1. The highest BCUT2D eigenvalue weighted by atomic mass is 32.1. The van der Waals surface area contributed by atoms with Gasteiger partial charge in [-0.05, 0) is 41.4 Å². The van der Waals surface area contributed by atoms with Crippen LogP contribution in [0.25, 0.3) is 0 Å². The number of amides is 2. The number of carboxylic acid groups (broad SMARTS) is 1. The molecular formula is C15H16N2O3S. The summed E-state index contributed by atoms with van der Waals surface area (Å²) in [5.41, 5.74) is 2.60.